The van der Waals surface area contributed by atoms with E-state index in [0.717, 1.165) is 50.3 Å². The molecule has 0 radical (unpaired) electrons. The van der Waals surface area contributed by atoms with Crippen LogP contribution in [0.15, 0.2) is 42.5 Å². The molecule has 1 fully saturated rings. The van der Waals surface area contributed by atoms with E-state index in [9.17, 15) is 4.79 Å². The lowest BCUT2D eigenvalue weighted by molar-refractivity contribution is -0.119. The highest BCUT2D eigenvalue weighted by Gasteiger charge is 2.23. The second kappa shape index (κ2) is 8.21. The van der Waals surface area contributed by atoms with Gasteiger partial charge in [0.15, 0.2) is 5.78 Å². The van der Waals surface area contributed by atoms with Crippen LogP contribution in [0, 0.1) is 0 Å². The minimum absolute atomic E-state index is 0. The summed E-state index contributed by atoms with van der Waals surface area (Å²) in [5.74, 6) is 0.149. The molecule has 1 atom stereocenters. The average molecular weight is 373 g/mol. The van der Waals surface area contributed by atoms with E-state index >= 15 is 0 Å². The average Bonchev–Trinajstić information content (AvgIpc) is 2.81. The van der Waals surface area contributed by atoms with Crippen molar-refractivity contribution in [2.45, 2.75) is 25.3 Å². The molecule has 0 spiro atoms. The zero-order chi connectivity index (χ0) is 17.2. The summed E-state index contributed by atoms with van der Waals surface area (Å²) in [5, 5.41) is 0. The number of Topliss-reactive ketones (excluding diaryl/α,β-unsaturated/α-hetero) is 1. The lowest BCUT2D eigenvalue weighted by Crippen LogP contribution is -2.36. The van der Waals surface area contributed by atoms with Gasteiger partial charge in [0.05, 0.1) is 19.3 Å². The van der Waals surface area contributed by atoms with Crippen LogP contribution in [0.25, 0.3) is 11.1 Å². The summed E-state index contributed by atoms with van der Waals surface area (Å²) in [7, 11) is 0. The van der Waals surface area contributed by atoms with Gasteiger partial charge < -0.3 is 15.4 Å². The van der Waals surface area contributed by atoms with E-state index in [1.807, 2.05) is 0 Å². The number of hydrogen-bond donors (Lipinski definition) is 1. The number of benzene rings is 2. The Morgan fingerprint density at radius 2 is 1.85 bits per heavy atom. The number of anilines is 1. The predicted molar refractivity (Wildman–Crippen MR) is 107 cm³/mol. The van der Waals surface area contributed by atoms with Crippen LogP contribution in [0.1, 0.15) is 17.5 Å². The zero-order valence-electron chi connectivity index (χ0n) is 14.8. The van der Waals surface area contributed by atoms with Gasteiger partial charge in [-0.05, 0) is 47.2 Å². The second-order valence-electron chi connectivity index (χ2n) is 6.88. The molecule has 5 heteroatoms. The third-order valence-corrected chi connectivity index (χ3v) is 5.30. The molecule has 2 aromatic carbocycles. The number of fused-ring (bicyclic) bond motifs is 1. The largest absolute Gasteiger partial charge is 0.378 e. The highest BCUT2D eigenvalue weighted by Crippen LogP contribution is 2.32. The maximum absolute atomic E-state index is 12.3. The fraction of sp³-hybridized carbons (Fsp3) is 0.381. The summed E-state index contributed by atoms with van der Waals surface area (Å²) < 4.78 is 5.46. The number of carbonyl (C=O) groups is 1. The number of rotatable bonds is 2. The predicted octanol–water partition coefficient (Wildman–Crippen LogP) is 3.00. The van der Waals surface area contributed by atoms with Crippen molar-refractivity contribution in [1.29, 1.82) is 0 Å². The molecule has 26 heavy (non-hydrogen) atoms. The van der Waals surface area contributed by atoms with Gasteiger partial charge >= 0.3 is 0 Å². The van der Waals surface area contributed by atoms with Crippen molar-refractivity contribution in [3.05, 3.63) is 53.6 Å². The third-order valence-electron chi connectivity index (χ3n) is 5.30. The Hall–Kier alpha value is -1.88. The molecular weight excluding hydrogens is 348 g/mol. The standard InChI is InChI=1S/C21H24N2O2.ClH/c22-20-8-7-15-3-2-6-18(19(15)14-21(20)24)16-4-1-5-17(13-16)23-9-11-25-12-10-23;/h1-6,13,20H,7-12,14,22H2;1H. The van der Waals surface area contributed by atoms with Gasteiger partial charge in [0, 0.05) is 25.2 Å². The number of morpholine rings is 1. The Kier molecular flexibility index (Phi) is 5.97. The Morgan fingerprint density at radius 1 is 1.08 bits per heavy atom. The van der Waals surface area contributed by atoms with E-state index in [1.54, 1.807) is 0 Å². The van der Waals surface area contributed by atoms with Gasteiger partial charge in [-0.15, -0.1) is 12.4 Å². The summed E-state index contributed by atoms with van der Waals surface area (Å²) in [6.45, 7) is 3.39. The molecule has 4 nitrogen and oxygen atoms in total. The molecule has 1 heterocycles. The molecule has 0 saturated carbocycles. The highest BCUT2D eigenvalue weighted by molar-refractivity contribution is 5.89. The SMILES string of the molecule is Cl.NC1CCc2cccc(-c3cccc(N4CCOCC4)c3)c2CC1=O. The minimum Gasteiger partial charge on any atom is -0.378 e. The topological polar surface area (TPSA) is 55.6 Å². The van der Waals surface area contributed by atoms with Crippen LogP contribution in [0.3, 0.4) is 0 Å². The fourth-order valence-electron chi connectivity index (χ4n) is 3.82. The van der Waals surface area contributed by atoms with E-state index in [1.165, 1.54) is 16.8 Å². The number of halogens is 1. The first-order valence-corrected chi connectivity index (χ1v) is 9.04. The monoisotopic (exact) mass is 372 g/mol. The molecule has 0 amide bonds. The van der Waals surface area contributed by atoms with Gasteiger partial charge in [0.1, 0.15) is 0 Å². The first-order chi connectivity index (χ1) is 12.2. The summed E-state index contributed by atoms with van der Waals surface area (Å²) in [6.07, 6.45) is 2.05. The molecule has 0 aromatic heterocycles. The van der Waals surface area contributed by atoms with Crippen LogP contribution in [-0.4, -0.2) is 38.1 Å². The van der Waals surface area contributed by atoms with Gasteiger partial charge in [-0.2, -0.15) is 0 Å². The van der Waals surface area contributed by atoms with Crippen LogP contribution in [0.5, 0.6) is 0 Å². The van der Waals surface area contributed by atoms with Gasteiger partial charge in [-0.3, -0.25) is 4.79 Å². The number of ether oxygens (including phenoxy) is 1. The molecule has 1 unspecified atom stereocenters. The summed E-state index contributed by atoms with van der Waals surface area (Å²) in [4.78, 5) is 14.7. The molecule has 1 saturated heterocycles. The number of carbonyl (C=O) groups excluding carboxylic acids is 1. The quantitative estimate of drug-likeness (QED) is 0.823. The smallest absolute Gasteiger partial charge is 0.153 e. The molecule has 0 bridgehead atoms. The number of ketones is 1. The van der Waals surface area contributed by atoms with Crippen LogP contribution in [0.2, 0.25) is 0 Å². The van der Waals surface area contributed by atoms with Crippen LogP contribution >= 0.6 is 12.4 Å². The lowest BCUT2D eigenvalue weighted by Gasteiger charge is -2.29. The van der Waals surface area contributed by atoms with E-state index in [4.69, 9.17) is 10.5 Å². The lowest BCUT2D eigenvalue weighted by atomic mass is 9.92. The number of nitrogens with two attached hydrogens (primary N) is 1. The minimum atomic E-state index is -0.333. The van der Waals surface area contributed by atoms with Crippen molar-refractivity contribution in [3.8, 4) is 11.1 Å². The van der Waals surface area contributed by atoms with E-state index < -0.39 is 0 Å². The van der Waals surface area contributed by atoms with Crippen LogP contribution in [0.4, 0.5) is 5.69 Å². The molecule has 1 aliphatic carbocycles. The number of aryl methyl sites for hydroxylation is 1. The first kappa shape index (κ1) is 18.9. The Balaban J connectivity index is 0.00000196. The van der Waals surface area contributed by atoms with Crippen molar-refractivity contribution in [3.63, 3.8) is 0 Å². The van der Waals surface area contributed by atoms with Crippen LogP contribution < -0.4 is 10.6 Å². The van der Waals surface area contributed by atoms with Gasteiger partial charge in [-0.25, -0.2) is 0 Å². The second-order valence-corrected chi connectivity index (χ2v) is 6.88. The molecular formula is C21H25ClN2O2. The number of hydrogen-bond acceptors (Lipinski definition) is 4. The van der Waals surface area contributed by atoms with Crippen molar-refractivity contribution < 1.29 is 9.53 Å². The van der Waals surface area contributed by atoms with Crippen molar-refractivity contribution in [2.75, 3.05) is 31.2 Å². The van der Waals surface area contributed by atoms with Crippen LogP contribution in [-0.2, 0) is 22.4 Å². The summed E-state index contributed by atoms with van der Waals surface area (Å²) in [5.41, 5.74) is 12.0. The molecule has 2 N–H and O–H groups in total. The van der Waals surface area contributed by atoms with Crippen molar-refractivity contribution in [2.24, 2.45) is 5.73 Å². The molecule has 138 valence electrons. The van der Waals surface area contributed by atoms with E-state index in [-0.39, 0.29) is 24.2 Å². The molecule has 1 aliphatic heterocycles. The summed E-state index contributed by atoms with van der Waals surface area (Å²) in [6, 6.07) is 14.6. The van der Waals surface area contributed by atoms with Crippen molar-refractivity contribution in [1.82, 2.24) is 0 Å². The van der Waals surface area contributed by atoms with E-state index in [2.05, 4.69) is 47.4 Å². The maximum Gasteiger partial charge on any atom is 0.153 e. The summed E-state index contributed by atoms with van der Waals surface area (Å²) >= 11 is 0. The zero-order valence-corrected chi connectivity index (χ0v) is 15.6. The first-order valence-electron chi connectivity index (χ1n) is 9.04. The highest BCUT2D eigenvalue weighted by atomic mass is 35.5. The van der Waals surface area contributed by atoms with E-state index in [0.29, 0.717) is 6.42 Å². The third kappa shape index (κ3) is 3.78. The number of nitrogens with zero attached hydrogens (tertiary/aromatic N) is 1. The van der Waals surface area contributed by atoms with Crippen molar-refractivity contribution >= 4 is 23.9 Å². The maximum atomic E-state index is 12.3. The normalized spacial score (nSPS) is 20.1. The Morgan fingerprint density at radius 3 is 2.65 bits per heavy atom. The molecule has 2 aliphatic rings. The molecule has 4 rings (SSSR count). The van der Waals surface area contributed by atoms with Gasteiger partial charge in [0.2, 0.25) is 0 Å². The fourth-order valence-corrected chi connectivity index (χ4v) is 3.82. The Labute approximate surface area is 160 Å². The Bertz CT molecular complexity index is 787. The van der Waals surface area contributed by atoms with Gasteiger partial charge in [-0.1, -0.05) is 30.3 Å². The molecule has 2 aromatic rings. The van der Waals surface area contributed by atoms with Gasteiger partial charge in [0.25, 0.3) is 0 Å².